The number of Topliss-reactive ketones (excluding diaryl/α,β-unsaturated/α-hetero) is 1. The number of ether oxygens (including phenoxy) is 1. The second-order valence-corrected chi connectivity index (χ2v) is 7.47. The van der Waals surface area contributed by atoms with Crippen LogP contribution in [0.3, 0.4) is 0 Å². The molecule has 1 atom stereocenters. The van der Waals surface area contributed by atoms with Crippen LogP contribution in [0.4, 0.5) is 4.79 Å². The fourth-order valence-corrected chi connectivity index (χ4v) is 3.69. The summed E-state index contributed by atoms with van der Waals surface area (Å²) in [5.74, 6) is -0.128. The maximum absolute atomic E-state index is 12.4. The van der Waals surface area contributed by atoms with Gasteiger partial charge in [-0.15, -0.1) is 23.7 Å². The zero-order valence-electron chi connectivity index (χ0n) is 15.9. The standard InChI is InChI=1S/C21H23N3O3S.ClH/c22-16(19(25)20-24-17-11-4-5-12-18(17)28-20)10-6-7-13-23-21(26)27-14-15-8-2-1-3-9-15;/h1-5,8-9,11-12,16H,6-7,10,13-14,22H2,(H,23,26);1H. The normalized spacial score (nSPS) is 11.5. The number of benzene rings is 2. The van der Waals surface area contributed by atoms with Crippen molar-refractivity contribution in [3.05, 3.63) is 65.2 Å². The van der Waals surface area contributed by atoms with E-state index in [1.54, 1.807) is 0 Å². The fraction of sp³-hybridized carbons (Fsp3) is 0.286. The Morgan fingerprint density at radius 3 is 2.55 bits per heavy atom. The SMILES string of the molecule is Cl.NC(CCCCNC(=O)OCc1ccccc1)C(=O)c1nc2ccccc2s1. The molecule has 3 aromatic rings. The molecule has 154 valence electrons. The molecule has 0 aliphatic rings. The number of para-hydroxylation sites is 1. The van der Waals surface area contributed by atoms with Crippen molar-refractivity contribution in [2.24, 2.45) is 5.73 Å². The number of carbonyl (C=O) groups is 2. The lowest BCUT2D eigenvalue weighted by atomic mass is 10.1. The molecule has 1 unspecified atom stereocenters. The van der Waals surface area contributed by atoms with Crippen molar-refractivity contribution in [2.45, 2.75) is 31.9 Å². The second-order valence-electron chi connectivity index (χ2n) is 6.44. The third-order valence-electron chi connectivity index (χ3n) is 4.27. The summed E-state index contributed by atoms with van der Waals surface area (Å²) >= 11 is 1.37. The van der Waals surface area contributed by atoms with Crippen molar-refractivity contribution in [2.75, 3.05) is 6.54 Å². The number of hydrogen-bond acceptors (Lipinski definition) is 6. The van der Waals surface area contributed by atoms with E-state index in [0.29, 0.717) is 18.0 Å². The van der Waals surface area contributed by atoms with Gasteiger partial charge in [0.15, 0.2) is 5.01 Å². The van der Waals surface area contributed by atoms with E-state index < -0.39 is 12.1 Å². The predicted molar refractivity (Wildman–Crippen MR) is 118 cm³/mol. The first kappa shape index (κ1) is 22.8. The van der Waals surface area contributed by atoms with Crippen LogP contribution in [0.25, 0.3) is 10.2 Å². The molecule has 1 amide bonds. The summed E-state index contributed by atoms with van der Waals surface area (Å²) in [5, 5.41) is 3.16. The molecular weight excluding hydrogens is 410 g/mol. The lowest BCUT2D eigenvalue weighted by Gasteiger charge is -2.09. The number of fused-ring (bicyclic) bond motifs is 1. The number of nitrogens with zero attached hydrogens (tertiary/aromatic N) is 1. The highest BCUT2D eigenvalue weighted by atomic mass is 35.5. The molecule has 0 radical (unpaired) electrons. The number of hydrogen-bond donors (Lipinski definition) is 2. The third kappa shape index (κ3) is 6.81. The zero-order chi connectivity index (χ0) is 19.8. The van der Waals surface area contributed by atoms with Crippen molar-refractivity contribution >= 4 is 45.8 Å². The number of unbranched alkanes of at least 4 members (excludes halogenated alkanes) is 1. The van der Waals surface area contributed by atoms with Gasteiger partial charge in [0.25, 0.3) is 0 Å². The van der Waals surface area contributed by atoms with Crippen LogP contribution < -0.4 is 11.1 Å². The van der Waals surface area contributed by atoms with Gasteiger partial charge >= 0.3 is 6.09 Å². The summed E-state index contributed by atoms with van der Waals surface area (Å²) in [6.45, 7) is 0.726. The van der Waals surface area contributed by atoms with Gasteiger partial charge in [-0.3, -0.25) is 4.79 Å². The molecule has 29 heavy (non-hydrogen) atoms. The molecule has 0 aliphatic carbocycles. The minimum atomic E-state index is -0.578. The zero-order valence-corrected chi connectivity index (χ0v) is 17.5. The Morgan fingerprint density at radius 1 is 1.07 bits per heavy atom. The topological polar surface area (TPSA) is 94.3 Å². The number of ketones is 1. The Labute approximate surface area is 179 Å². The number of aromatic nitrogens is 1. The number of rotatable bonds is 9. The van der Waals surface area contributed by atoms with E-state index in [1.165, 1.54) is 11.3 Å². The van der Waals surface area contributed by atoms with Gasteiger partial charge in [-0.05, 0) is 37.0 Å². The molecule has 1 aromatic heterocycles. The Balaban J connectivity index is 0.00000300. The Kier molecular flexibility index (Phi) is 9.05. The van der Waals surface area contributed by atoms with Crippen LogP contribution in [-0.2, 0) is 11.3 Å². The quantitative estimate of drug-likeness (QED) is 0.387. The van der Waals surface area contributed by atoms with Crippen LogP contribution in [0.5, 0.6) is 0 Å². The molecule has 0 aliphatic heterocycles. The van der Waals surface area contributed by atoms with Crippen LogP contribution in [0.2, 0.25) is 0 Å². The first-order chi connectivity index (χ1) is 13.6. The largest absolute Gasteiger partial charge is 0.445 e. The Hall–Kier alpha value is -2.48. The lowest BCUT2D eigenvalue weighted by Crippen LogP contribution is -2.31. The summed E-state index contributed by atoms with van der Waals surface area (Å²) in [7, 11) is 0. The summed E-state index contributed by atoms with van der Waals surface area (Å²) in [5.41, 5.74) is 7.79. The maximum atomic E-state index is 12.4. The molecule has 8 heteroatoms. The van der Waals surface area contributed by atoms with Crippen LogP contribution in [-0.4, -0.2) is 29.4 Å². The molecule has 3 N–H and O–H groups in total. The molecular formula is C21H24ClN3O3S. The smallest absolute Gasteiger partial charge is 0.407 e. The number of thiazole rings is 1. The first-order valence-corrected chi connectivity index (χ1v) is 10.0. The van der Waals surface area contributed by atoms with E-state index in [2.05, 4.69) is 10.3 Å². The molecule has 6 nitrogen and oxygen atoms in total. The highest BCUT2D eigenvalue weighted by Gasteiger charge is 2.19. The minimum absolute atomic E-state index is 0. The number of alkyl carbamates (subject to hydrolysis) is 1. The molecule has 0 spiro atoms. The predicted octanol–water partition coefficient (Wildman–Crippen LogP) is 4.32. The van der Waals surface area contributed by atoms with E-state index in [4.69, 9.17) is 10.5 Å². The highest BCUT2D eigenvalue weighted by Crippen LogP contribution is 2.22. The summed E-state index contributed by atoms with van der Waals surface area (Å²) < 4.78 is 6.13. The van der Waals surface area contributed by atoms with Gasteiger partial charge in [0.1, 0.15) is 6.61 Å². The minimum Gasteiger partial charge on any atom is -0.445 e. The van der Waals surface area contributed by atoms with Gasteiger partial charge in [0.05, 0.1) is 16.3 Å². The van der Waals surface area contributed by atoms with Gasteiger partial charge in [-0.2, -0.15) is 0 Å². The van der Waals surface area contributed by atoms with Gasteiger partial charge in [-0.25, -0.2) is 9.78 Å². The molecule has 1 heterocycles. The summed E-state index contributed by atoms with van der Waals surface area (Å²) in [6, 6.07) is 16.6. The fourth-order valence-electron chi connectivity index (χ4n) is 2.72. The van der Waals surface area contributed by atoms with Crippen LogP contribution in [0, 0.1) is 0 Å². The van der Waals surface area contributed by atoms with E-state index in [9.17, 15) is 9.59 Å². The number of halogens is 1. The lowest BCUT2D eigenvalue weighted by molar-refractivity contribution is 0.0955. The van der Waals surface area contributed by atoms with Crippen LogP contribution in [0.15, 0.2) is 54.6 Å². The van der Waals surface area contributed by atoms with Gasteiger partial charge < -0.3 is 15.8 Å². The average molecular weight is 434 g/mol. The van der Waals surface area contributed by atoms with E-state index in [1.807, 2.05) is 54.6 Å². The molecule has 0 bridgehead atoms. The van der Waals surface area contributed by atoms with E-state index >= 15 is 0 Å². The third-order valence-corrected chi connectivity index (χ3v) is 5.32. The van der Waals surface area contributed by atoms with E-state index in [0.717, 1.165) is 28.6 Å². The Bertz CT molecular complexity index is 900. The average Bonchev–Trinajstić information content (AvgIpc) is 3.16. The monoisotopic (exact) mass is 433 g/mol. The van der Waals surface area contributed by atoms with Gasteiger partial charge in [-0.1, -0.05) is 42.5 Å². The molecule has 0 saturated carbocycles. The van der Waals surface area contributed by atoms with Gasteiger partial charge in [0.2, 0.25) is 5.78 Å². The Morgan fingerprint density at radius 2 is 1.79 bits per heavy atom. The summed E-state index contributed by atoms with van der Waals surface area (Å²) in [4.78, 5) is 28.5. The molecule has 3 rings (SSSR count). The maximum Gasteiger partial charge on any atom is 0.407 e. The number of amides is 1. The first-order valence-electron chi connectivity index (χ1n) is 9.23. The van der Waals surface area contributed by atoms with Crippen molar-refractivity contribution in [3.63, 3.8) is 0 Å². The van der Waals surface area contributed by atoms with E-state index in [-0.39, 0.29) is 24.8 Å². The molecule has 2 aromatic carbocycles. The van der Waals surface area contributed by atoms with Crippen molar-refractivity contribution in [1.82, 2.24) is 10.3 Å². The van der Waals surface area contributed by atoms with Crippen molar-refractivity contribution in [1.29, 1.82) is 0 Å². The highest BCUT2D eigenvalue weighted by molar-refractivity contribution is 7.20. The van der Waals surface area contributed by atoms with Crippen molar-refractivity contribution < 1.29 is 14.3 Å². The number of nitrogens with one attached hydrogen (secondary N) is 1. The van der Waals surface area contributed by atoms with Crippen LogP contribution in [0.1, 0.15) is 34.6 Å². The van der Waals surface area contributed by atoms with Crippen molar-refractivity contribution in [3.8, 4) is 0 Å². The number of nitrogens with two attached hydrogens (primary N) is 1. The molecule has 0 fully saturated rings. The second kappa shape index (κ2) is 11.5. The van der Waals surface area contributed by atoms with Gasteiger partial charge in [0, 0.05) is 6.54 Å². The summed E-state index contributed by atoms with van der Waals surface area (Å²) in [6.07, 6.45) is 1.56. The number of carbonyl (C=O) groups excluding carboxylic acids is 2. The van der Waals surface area contributed by atoms with Crippen LogP contribution >= 0.6 is 23.7 Å². The molecule has 0 saturated heterocycles.